The lowest BCUT2D eigenvalue weighted by atomic mass is 10.0. The van der Waals surface area contributed by atoms with Crippen molar-refractivity contribution in [3.8, 4) is 0 Å². The van der Waals surface area contributed by atoms with Crippen LogP contribution in [0, 0.1) is 5.92 Å². The summed E-state index contributed by atoms with van der Waals surface area (Å²) in [4.78, 5) is 11.9. The van der Waals surface area contributed by atoms with Crippen LogP contribution in [0.2, 0.25) is 5.02 Å². The summed E-state index contributed by atoms with van der Waals surface area (Å²) in [6, 6.07) is 5.48. The monoisotopic (exact) mass is 344 g/mol. The maximum absolute atomic E-state index is 11.9. The molecule has 1 atom stereocenters. The van der Waals surface area contributed by atoms with Gasteiger partial charge in [-0.2, -0.15) is 0 Å². The minimum atomic E-state index is -0.321. The van der Waals surface area contributed by atoms with Crippen LogP contribution in [0.15, 0.2) is 34.8 Å². The van der Waals surface area contributed by atoms with Gasteiger partial charge < -0.3 is 4.74 Å². The molecule has 0 amide bonds. The average molecular weight is 346 g/mol. The predicted molar refractivity (Wildman–Crippen MR) is 82.5 cm³/mol. The van der Waals surface area contributed by atoms with E-state index < -0.39 is 0 Å². The van der Waals surface area contributed by atoms with E-state index in [0.29, 0.717) is 17.5 Å². The van der Waals surface area contributed by atoms with E-state index in [-0.39, 0.29) is 11.9 Å². The molecule has 0 N–H and O–H groups in total. The first-order chi connectivity index (χ1) is 8.91. The molecule has 0 bridgehead atoms. The average Bonchev–Trinajstić information content (AvgIpc) is 2.36. The van der Waals surface area contributed by atoms with Gasteiger partial charge in [0.25, 0.3) is 0 Å². The van der Waals surface area contributed by atoms with Crippen molar-refractivity contribution >= 4 is 33.5 Å². The molecule has 0 aliphatic heterocycles. The van der Waals surface area contributed by atoms with Crippen LogP contribution in [0.3, 0.4) is 0 Å². The van der Waals surface area contributed by atoms with Gasteiger partial charge in [-0.05, 0) is 46.5 Å². The molecular formula is C15H18BrClO2. The van der Waals surface area contributed by atoms with Gasteiger partial charge in [0.2, 0.25) is 0 Å². The molecule has 1 aromatic carbocycles. The van der Waals surface area contributed by atoms with Gasteiger partial charge in [-0.1, -0.05) is 43.7 Å². The normalized spacial score (nSPS) is 12.9. The molecule has 0 saturated heterocycles. The van der Waals surface area contributed by atoms with Gasteiger partial charge in [0.15, 0.2) is 0 Å². The number of esters is 1. The van der Waals surface area contributed by atoms with E-state index in [9.17, 15) is 4.79 Å². The van der Waals surface area contributed by atoms with Gasteiger partial charge in [0.1, 0.15) is 6.61 Å². The fourth-order valence-corrected chi connectivity index (χ4v) is 1.94. The third kappa shape index (κ3) is 5.37. The number of halogens is 2. The molecule has 0 fully saturated rings. The second-order valence-electron chi connectivity index (χ2n) is 4.70. The maximum Gasteiger partial charge on any atom is 0.313 e. The van der Waals surface area contributed by atoms with Crippen LogP contribution in [0.1, 0.15) is 32.3 Å². The van der Waals surface area contributed by atoms with Crippen molar-refractivity contribution in [1.82, 2.24) is 0 Å². The van der Waals surface area contributed by atoms with Gasteiger partial charge in [-0.3, -0.25) is 4.79 Å². The van der Waals surface area contributed by atoms with Crippen molar-refractivity contribution in [1.29, 1.82) is 0 Å². The minimum Gasteiger partial charge on any atom is -0.461 e. The van der Waals surface area contributed by atoms with Crippen LogP contribution in [0.25, 0.3) is 0 Å². The predicted octanol–water partition coefficient (Wildman–Crippen LogP) is 4.96. The lowest BCUT2D eigenvalue weighted by Gasteiger charge is -2.11. The largest absolute Gasteiger partial charge is 0.461 e. The summed E-state index contributed by atoms with van der Waals surface area (Å²) >= 11 is 9.34. The molecule has 4 heteroatoms. The number of carbonyl (C=O) groups excluding carboxylic acids is 1. The highest BCUT2D eigenvalue weighted by Crippen LogP contribution is 2.27. The summed E-state index contributed by atoms with van der Waals surface area (Å²) in [5.74, 6) is -0.105. The molecule has 0 spiro atoms. The van der Waals surface area contributed by atoms with E-state index in [2.05, 4.69) is 29.8 Å². The fraction of sp³-hybridized carbons (Fsp3) is 0.400. The summed E-state index contributed by atoms with van der Waals surface area (Å²) in [6.45, 7) is 6.27. The van der Waals surface area contributed by atoms with Crippen molar-refractivity contribution in [2.24, 2.45) is 5.92 Å². The molecule has 0 aliphatic rings. The second-order valence-corrected chi connectivity index (χ2v) is 5.96. The second kappa shape index (κ2) is 7.71. The highest BCUT2D eigenvalue weighted by atomic mass is 79.9. The fourth-order valence-electron chi connectivity index (χ4n) is 1.50. The Morgan fingerprint density at radius 2 is 2.11 bits per heavy atom. The Labute approximate surface area is 127 Å². The third-order valence-corrected chi connectivity index (χ3v) is 3.87. The van der Waals surface area contributed by atoms with Crippen LogP contribution in [-0.4, -0.2) is 12.6 Å². The highest BCUT2D eigenvalue weighted by molar-refractivity contribution is 9.10. The van der Waals surface area contributed by atoms with Gasteiger partial charge in [0, 0.05) is 4.47 Å². The first kappa shape index (κ1) is 16.3. The van der Waals surface area contributed by atoms with E-state index in [1.165, 1.54) is 0 Å². The van der Waals surface area contributed by atoms with Crippen LogP contribution in [0.5, 0.6) is 0 Å². The number of benzene rings is 1. The molecule has 0 aromatic heterocycles. The van der Waals surface area contributed by atoms with Gasteiger partial charge in [-0.25, -0.2) is 0 Å². The van der Waals surface area contributed by atoms with Crippen LogP contribution >= 0.6 is 27.5 Å². The zero-order valence-corrected chi connectivity index (χ0v) is 13.7. The van der Waals surface area contributed by atoms with Crippen LogP contribution < -0.4 is 0 Å². The smallest absolute Gasteiger partial charge is 0.313 e. The summed E-state index contributed by atoms with van der Waals surface area (Å²) in [5.41, 5.74) is 0.853. The molecule has 1 rings (SSSR count). The van der Waals surface area contributed by atoms with Crippen molar-refractivity contribution < 1.29 is 9.53 Å². The zero-order valence-electron chi connectivity index (χ0n) is 11.3. The Bertz CT molecular complexity index is 469. The van der Waals surface area contributed by atoms with Gasteiger partial charge in [0.05, 0.1) is 10.9 Å². The van der Waals surface area contributed by atoms with Crippen molar-refractivity contribution in [3.05, 3.63) is 45.4 Å². The molecule has 104 valence electrons. The number of ether oxygens (including phenoxy) is 1. The maximum atomic E-state index is 11.9. The quantitative estimate of drug-likeness (QED) is 0.557. The Morgan fingerprint density at radius 3 is 2.68 bits per heavy atom. The molecule has 1 aromatic rings. The Morgan fingerprint density at radius 1 is 1.42 bits per heavy atom. The molecule has 1 unspecified atom stereocenters. The zero-order chi connectivity index (χ0) is 14.4. The summed E-state index contributed by atoms with van der Waals surface area (Å²) in [6.07, 6.45) is 3.87. The number of hydrogen-bond acceptors (Lipinski definition) is 2. The number of allylic oxidation sites excluding steroid dienone is 1. The molecular weight excluding hydrogens is 328 g/mol. The van der Waals surface area contributed by atoms with E-state index in [1.54, 1.807) is 6.07 Å². The van der Waals surface area contributed by atoms with Crippen LogP contribution in [0.4, 0.5) is 0 Å². The third-order valence-electron chi connectivity index (χ3n) is 2.64. The lowest BCUT2D eigenvalue weighted by molar-refractivity contribution is -0.143. The van der Waals surface area contributed by atoms with E-state index >= 15 is 0 Å². The van der Waals surface area contributed by atoms with E-state index in [4.69, 9.17) is 16.3 Å². The lowest BCUT2D eigenvalue weighted by Crippen LogP contribution is -2.13. The first-order valence-corrected chi connectivity index (χ1v) is 7.37. The van der Waals surface area contributed by atoms with E-state index in [1.807, 2.05) is 31.2 Å². The summed E-state index contributed by atoms with van der Waals surface area (Å²) in [7, 11) is 0. The van der Waals surface area contributed by atoms with Crippen molar-refractivity contribution in [2.75, 3.05) is 6.61 Å². The molecule has 19 heavy (non-hydrogen) atoms. The summed E-state index contributed by atoms with van der Waals surface area (Å²) < 4.78 is 6.02. The minimum absolute atomic E-state index is 0.244. The molecule has 0 heterocycles. The van der Waals surface area contributed by atoms with Crippen molar-refractivity contribution in [3.63, 3.8) is 0 Å². The number of hydrogen-bond donors (Lipinski definition) is 0. The Kier molecular flexibility index (Phi) is 6.59. The van der Waals surface area contributed by atoms with Gasteiger partial charge >= 0.3 is 5.97 Å². The van der Waals surface area contributed by atoms with Crippen molar-refractivity contribution in [2.45, 2.75) is 26.7 Å². The number of carbonyl (C=O) groups is 1. The summed E-state index contributed by atoms with van der Waals surface area (Å²) in [5, 5.41) is 0.594. The molecule has 0 saturated carbocycles. The number of rotatable bonds is 5. The standard InChI is InChI=1S/C15H18BrClO2/c1-10(2)5-4-8-19-15(18)11(3)12-6-7-13(16)14(17)9-12/h4-7,9-11H,8H2,1-3H3/b5-4+. The Balaban J connectivity index is 2.59. The highest BCUT2D eigenvalue weighted by Gasteiger charge is 2.17. The Hall–Kier alpha value is -0.800. The van der Waals surface area contributed by atoms with Gasteiger partial charge in [-0.15, -0.1) is 0 Å². The molecule has 2 nitrogen and oxygen atoms in total. The van der Waals surface area contributed by atoms with E-state index in [0.717, 1.165) is 10.0 Å². The SMILES string of the molecule is CC(C)/C=C/COC(=O)C(C)c1ccc(Br)c(Cl)c1. The first-order valence-electron chi connectivity index (χ1n) is 6.20. The molecule has 0 radical (unpaired) electrons. The van der Waals surface area contributed by atoms with Crippen LogP contribution in [-0.2, 0) is 9.53 Å². The molecule has 0 aliphatic carbocycles. The topological polar surface area (TPSA) is 26.3 Å².